The normalized spacial score (nSPS) is 12.0. The number of hydrogen-bond donors (Lipinski definition) is 2. The van der Waals surface area contributed by atoms with Crippen molar-refractivity contribution in [2.75, 3.05) is 0 Å². The first kappa shape index (κ1) is 17.7. The lowest BCUT2D eigenvalue weighted by atomic mass is 10.0. The van der Waals surface area contributed by atoms with Crippen LogP contribution >= 0.6 is 0 Å². The molecule has 1 heterocycles. The summed E-state index contributed by atoms with van der Waals surface area (Å²) < 4.78 is 14.7. The fourth-order valence-corrected chi connectivity index (χ4v) is 2.53. The van der Waals surface area contributed by atoms with Gasteiger partial charge in [-0.1, -0.05) is 12.1 Å². The van der Waals surface area contributed by atoms with Crippen molar-refractivity contribution in [3.05, 3.63) is 53.1 Å². The average Bonchev–Trinajstić information content (AvgIpc) is 2.82. The summed E-state index contributed by atoms with van der Waals surface area (Å²) in [4.78, 5) is 23.2. The van der Waals surface area contributed by atoms with Gasteiger partial charge in [0.15, 0.2) is 0 Å². The molecule has 0 aliphatic carbocycles. The Morgan fingerprint density at radius 3 is 2.54 bits per heavy atom. The van der Waals surface area contributed by atoms with E-state index in [1.807, 2.05) is 20.2 Å². The zero-order valence-electron chi connectivity index (χ0n) is 13.6. The number of carbonyl (C=O) groups excluding carboxylic acids is 1. The molecule has 0 saturated carbocycles. The lowest BCUT2D eigenvalue weighted by Gasteiger charge is -2.17. The number of hydrogen-bond acceptors (Lipinski definition) is 3. The van der Waals surface area contributed by atoms with E-state index in [1.165, 1.54) is 24.3 Å². The zero-order valence-corrected chi connectivity index (χ0v) is 13.6. The lowest BCUT2D eigenvalue weighted by molar-refractivity contribution is -0.137. The minimum absolute atomic E-state index is 0.226. The molecule has 1 amide bonds. The highest BCUT2D eigenvalue weighted by atomic mass is 19.1. The summed E-state index contributed by atoms with van der Waals surface area (Å²) in [6, 6.07) is 4.76. The van der Waals surface area contributed by atoms with E-state index in [0.717, 1.165) is 11.3 Å². The summed E-state index contributed by atoms with van der Waals surface area (Å²) in [6.45, 7) is 1.87. The van der Waals surface area contributed by atoms with Gasteiger partial charge in [-0.2, -0.15) is 5.10 Å². The number of halogens is 1. The second kappa shape index (κ2) is 7.72. The fraction of sp³-hybridized carbons (Fsp3) is 0.353. The van der Waals surface area contributed by atoms with Gasteiger partial charge in [0.25, 0.3) is 0 Å². The molecule has 1 aromatic heterocycles. The van der Waals surface area contributed by atoms with Crippen LogP contribution in [0, 0.1) is 12.7 Å². The molecule has 0 radical (unpaired) electrons. The van der Waals surface area contributed by atoms with Gasteiger partial charge in [-0.25, -0.2) is 4.39 Å². The van der Waals surface area contributed by atoms with Crippen molar-refractivity contribution >= 4 is 11.9 Å². The molecule has 7 heteroatoms. The molecule has 0 aliphatic heterocycles. The van der Waals surface area contributed by atoms with Gasteiger partial charge in [0, 0.05) is 19.7 Å². The number of carboxylic acid groups (broad SMARTS) is 1. The van der Waals surface area contributed by atoms with Crippen LogP contribution in [-0.2, 0) is 23.1 Å². The molecule has 1 atom stereocenters. The predicted octanol–water partition coefficient (Wildman–Crippen LogP) is 2.13. The van der Waals surface area contributed by atoms with Gasteiger partial charge in [0.1, 0.15) is 5.82 Å². The van der Waals surface area contributed by atoms with Crippen LogP contribution in [0.2, 0.25) is 0 Å². The Morgan fingerprint density at radius 2 is 2.00 bits per heavy atom. The highest BCUT2D eigenvalue weighted by molar-refractivity contribution is 5.78. The van der Waals surface area contributed by atoms with Crippen molar-refractivity contribution < 1.29 is 19.1 Å². The van der Waals surface area contributed by atoms with Crippen LogP contribution in [0.4, 0.5) is 4.39 Å². The minimum atomic E-state index is -1.03. The van der Waals surface area contributed by atoms with Gasteiger partial charge in [-0.3, -0.25) is 14.3 Å². The van der Waals surface area contributed by atoms with Crippen molar-refractivity contribution in [2.45, 2.75) is 32.2 Å². The van der Waals surface area contributed by atoms with Crippen molar-refractivity contribution in [1.82, 2.24) is 15.1 Å². The first-order chi connectivity index (χ1) is 11.3. The predicted molar refractivity (Wildman–Crippen MR) is 85.8 cm³/mol. The van der Waals surface area contributed by atoms with E-state index in [0.29, 0.717) is 12.0 Å². The highest BCUT2D eigenvalue weighted by Gasteiger charge is 2.18. The van der Waals surface area contributed by atoms with Crippen LogP contribution in [0.3, 0.4) is 0 Å². The van der Waals surface area contributed by atoms with E-state index in [4.69, 9.17) is 5.11 Å². The summed E-state index contributed by atoms with van der Waals surface area (Å²) in [7, 11) is 1.81. The smallest absolute Gasteiger partial charge is 0.305 e. The van der Waals surface area contributed by atoms with Crippen molar-refractivity contribution in [2.24, 2.45) is 7.05 Å². The Bertz CT molecular complexity index is 725. The summed E-state index contributed by atoms with van der Waals surface area (Å²) in [5.74, 6) is -1.70. The number of carboxylic acids is 1. The fourth-order valence-electron chi connectivity index (χ4n) is 2.53. The monoisotopic (exact) mass is 333 g/mol. The summed E-state index contributed by atoms with van der Waals surface area (Å²) in [6.07, 6.45) is 2.35. The minimum Gasteiger partial charge on any atom is -0.481 e. The lowest BCUT2D eigenvalue weighted by Crippen LogP contribution is -2.30. The number of amides is 1. The van der Waals surface area contributed by atoms with Crippen molar-refractivity contribution in [1.29, 1.82) is 0 Å². The number of aromatic nitrogens is 2. The highest BCUT2D eigenvalue weighted by Crippen LogP contribution is 2.18. The molecular formula is C17H20FN3O3. The standard InChI is InChI=1S/C17H20FN3O3/c1-11-13(10-21(2)20-11)5-8-16(22)19-15(9-17(23)24)12-3-6-14(18)7-4-12/h3-4,6-7,10,15H,5,8-9H2,1-2H3,(H,19,22)(H,23,24). The summed E-state index contributed by atoms with van der Waals surface area (Å²) in [5, 5.41) is 16.0. The number of benzene rings is 1. The Labute approximate surface area is 139 Å². The number of nitrogens with zero attached hydrogens (tertiary/aromatic N) is 2. The van der Waals surface area contributed by atoms with Crippen LogP contribution in [-0.4, -0.2) is 26.8 Å². The molecule has 24 heavy (non-hydrogen) atoms. The maximum Gasteiger partial charge on any atom is 0.305 e. The second-order valence-electron chi connectivity index (χ2n) is 5.68. The Kier molecular flexibility index (Phi) is 5.68. The van der Waals surface area contributed by atoms with Gasteiger partial charge in [0.05, 0.1) is 18.2 Å². The van der Waals surface area contributed by atoms with Crippen LogP contribution in [0.25, 0.3) is 0 Å². The second-order valence-corrected chi connectivity index (χ2v) is 5.68. The maximum absolute atomic E-state index is 13.0. The van der Waals surface area contributed by atoms with Gasteiger partial charge in [-0.15, -0.1) is 0 Å². The number of aliphatic carboxylic acids is 1. The number of carbonyl (C=O) groups is 2. The third-order valence-electron chi connectivity index (χ3n) is 3.72. The molecule has 2 N–H and O–H groups in total. The van der Waals surface area contributed by atoms with Crippen LogP contribution in [0.5, 0.6) is 0 Å². The molecule has 1 unspecified atom stereocenters. The Hall–Kier alpha value is -2.70. The van der Waals surface area contributed by atoms with E-state index in [-0.39, 0.29) is 18.7 Å². The number of aryl methyl sites for hydroxylation is 3. The SMILES string of the molecule is Cc1nn(C)cc1CCC(=O)NC(CC(=O)O)c1ccc(F)cc1. The zero-order chi connectivity index (χ0) is 17.7. The van der Waals surface area contributed by atoms with Crippen LogP contribution < -0.4 is 5.32 Å². The molecule has 2 rings (SSSR count). The van der Waals surface area contributed by atoms with Gasteiger partial charge < -0.3 is 10.4 Å². The van der Waals surface area contributed by atoms with Crippen molar-refractivity contribution in [3.63, 3.8) is 0 Å². The van der Waals surface area contributed by atoms with E-state index in [2.05, 4.69) is 10.4 Å². The number of nitrogens with one attached hydrogen (secondary N) is 1. The molecule has 0 saturated heterocycles. The Balaban J connectivity index is 2.00. The van der Waals surface area contributed by atoms with Crippen molar-refractivity contribution in [3.8, 4) is 0 Å². The topological polar surface area (TPSA) is 84.2 Å². The van der Waals surface area contributed by atoms with Gasteiger partial charge in [0.2, 0.25) is 5.91 Å². The molecule has 0 fully saturated rings. The van der Waals surface area contributed by atoms with Gasteiger partial charge in [-0.05, 0) is 36.6 Å². The third-order valence-corrected chi connectivity index (χ3v) is 3.72. The number of rotatable bonds is 7. The van der Waals surface area contributed by atoms with Crippen LogP contribution in [0.15, 0.2) is 30.5 Å². The van der Waals surface area contributed by atoms with E-state index >= 15 is 0 Å². The first-order valence-electron chi connectivity index (χ1n) is 7.61. The van der Waals surface area contributed by atoms with Gasteiger partial charge >= 0.3 is 5.97 Å². The molecule has 0 bridgehead atoms. The van der Waals surface area contributed by atoms with E-state index in [1.54, 1.807) is 4.68 Å². The molecule has 0 aliphatic rings. The maximum atomic E-state index is 13.0. The molecule has 128 valence electrons. The third kappa shape index (κ3) is 4.91. The Morgan fingerprint density at radius 1 is 1.33 bits per heavy atom. The molecule has 2 aromatic rings. The average molecular weight is 333 g/mol. The quantitative estimate of drug-likeness (QED) is 0.813. The molecule has 6 nitrogen and oxygen atoms in total. The molecular weight excluding hydrogens is 313 g/mol. The largest absolute Gasteiger partial charge is 0.481 e. The molecule has 1 aromatic carbocycles. The summed E-state index contributed by atoms with van der Waals surface area (Å²) in [5.41, 5.74) is 2.40. The van der Waals surface area contributed by atoms with E-state index < -0.39 is 17.8 Å². The molecule has 0 spiro atoms. The summed E-state index contributed by atoms with van der Waals surface area (Å²) >= 11 is 0. The van der Waals surface area contributed by atoms with E-state index in [9.17, 15) is 14.0 Å². The van der Waals surface area contributed by atoms with Crippen LogP contribution in [0.1, 0.15) is 35.7 Å². The first-order valence-corrected chi connectivity index (χ1v) is 7.61.